The fourth-order valence-corrected chi connectivity index (χ4v) is 4.33. The topological polar surface area (TPSA) is 62.3 Å². The number of pyridine rings is 1. The Bertz CT molecular complexity index is 1040. The van der Waals surface area contributed by atoms with Crippen molar-refractivity contribution in [1.82, 2.24) is 4.98 Å². The number of hydrogen-bond acceptors (Lipinski definition) is 4. The second-order valence-corrected chi connectivity index (χ2v) is 7.36. The number of aromatic nitrogens is 1. The highest BCUT2D eigenvalue weighted by molar-refractivity contribution is 7.93. The van der Waals surface area contributed by atoms with Gasteiger partial charge in [0.1, 0.15) is 0 Å². The van der Waals surface area contributed by atoms with Crippen LogP contribution in [-0.2, 0) is 10.0 Å². The molecule has 5 nitrogen and oxygen atoms in total. The van der Waals surface area contributed by atoms with E-state index in [4.69, 9.17) is 0 Å². The third kappa shape index (κ3) is 1.98. The molecule has 0 spiro atoms. The molecule has 23 heavy (non-hydrogen) atoms. The van der Waals surface area contributed by atoms with Gasteiger partial charge in [-0.3, -0.25) is 9.71 Å². The van der Waals surface area contributed by atoms with Crippen LogP contribution in [0.3, 0.4) is 0 Å². The Morgan fingerprint density at radius 1 is 1.04 bits per heavy atom. The minimum absolute atomic E-state index is 0.299. The Morgan fingerprint density at radius 3 is 2.61 bits per heavy atom. The van der Waals surface area contributed by atoms with E-state index in [0.29, 0.717) is 21.7 Å². The van der Waals surface area contributed by atoms with Crippen molar-refractivity contribution in [1.29, 1.82) is 0 Å². The Hall–Kier alpha value is -2.60. The van der Waals surface area contributed by atoms with Gasteiger partial charge in [0.05, 0.1) is 16.1 Å². The highest BCUT2D eigenvalue weighted by atomic mass is 32.2. The molecule has 0 fully saturated rings. The molecule has 4 rings (SSSR count). The summed E-state index contributed by atoms with van der Waals surface area (Å²) >= 11 is 0. The van der Waals surface area contributed by atoms with Crippen LogP contribution in [0.2, 0.25) is 0 Å². The van der Waals surface area contributed by atoms with Gasteiger partial charge >= 0.3 is 0 Å². The molecule has 1 N–H and O–H groups in total. The SMILES string of the molecule is CN(C)c1cc2c(c3ncccc13)NS(=O)(=O)c1ccccc1-2. The molecule has 0 saturated heterocycles. The summed E-state index contributed by atoms with van der Waals surface area (Å²) in [7, 11) is 0.347. The van der Waals surface area contributed by atoms with Gasteiger partial charge in [-0.2, -0.15) is 0 Å². The highest BCUT2D eigenvalue weighted by Crippen LogP contribution is 2.45. The molecule has 2 heterocycles. The largest absolute Gasteiger partial charge is 0.377 e. The van der Waals surface area contributed by atoms with E-state index in [1.165, 1.54) is 0 Å². The fourth-order valence-electron chi connectivity index (χ4n) is 3.02. The number of fused-ring (bicyclic) bond motifs is 5. The van der Waals surface area contributed by atoms with Crippen molar-refractivity contribution in [3.63, 3.8) is 0 Å². The average Bonchev–Trinajstić information content (AvgIpc) is 2.54. The highest BCUT2D eigenvalue weighted by Gasteiger charge is 2.29. The van der Waals surface area contributed by atoms with Gasteiger partial charge in [-0.05, 0) is 24.3 Å². The van der Waals surface area contributed by atoms with Gasteiger partial charge in [0, 0.05) is 42.5 Å². The molecule has 0 bridgehead atoms. The number of sulfonamides is 1. The van der Waals surface area contributed by atoms with Gasteiger partial charge in [-0.25, -0.2) is 8.42 Å². The van der Waals surface area contributed by atoms with E-state index in [1.54, 1.807) is 18.3 Å². The fraction of sp³-hybridized carbons (Fsp3) is 0.118. The molecule has 6 heteroatoms. The third-order valence-corrected chi connectivity index (χ3v) is 5.46. The lowest BCUT2D eigenvalue weighted by Crippen LogP contribution is -2.20. The quantitative estimate of drug-likeness (QED) is 0.747. The first-order chi connectivity index (χ1) is 11.0. The number of benzene rings is 2. The van der Waals surface area contributed by atoms with Crippen LogP contribution in [-0.4, -0.2) is 27.5 Å². The number of nitrogens with one attached hydrogen (secondary N) is 1. The molecule has 0 radical (unpaired) electrons. The Morgan fingerprint density at radius 2 is 1.83 bits per heavy atom. The van der Waals surface area contributed by atoms with E-state index in [1.807, 2.05) is 49.3 Å². The van der Waals surface area contributed by atoms with Crippen LogP contribution in [0.5, 0.6) is 0 Å². The lowest BCUT2D eigenvalue weighted by atomic mass is 9.99. The lowest BCUT2D eigenvalue weighted by Gasteiger charge is -2.25. The van der Waals surface area contributed by atoms with Crippen LogP contribution in [0.15, 0.2) is 53.6 Å². The minimum atomic E-state index is -3.58. The Balaban J connectivity index is 2.19. The van der Waals surface area contributed by atoms with Crippen molar-refractivity contribution >= 4 is 32.3 Å². The summed E-state index contributed by atoms with van der Waals surface area (Å²) in [6.45, 7) is 0. The average molecular weight is 325 g/mol. The van der Waals surface area contributed by atoms with Crippen molar-refractivity contribution < 1.29 is 8.42 Å². The summed E-state index contributed by atoms with van der Waals surface area (Å²) < 4.78 is 27.8. The van der Waals surface area contributed by atoms with Gasteiger partial charge in [-0.1, -0.05) is 18.2 Å². The minimum Gasteiger partial charge on any atom is -0.377 e. The van der Waals surface area contributed by atoms with Crippen molar-refractivity contribution in [2.45, 2.75) is 4.90 Å². The molecule has 1 aliphatic heterocycles. The van der Waals surface area contributed by atoms with Crippen LogP contribution in [0.25, 0.3) is 22.0 Å². The van der Waals surface area contributed by atoms with Crippen LogP contribution < -0.4 is 9.62 Å². The predicted molar refractivity (Wildman–Crippen MR) is 92.3 cm³/mol. The Kier molecular flexibility index (Phi) is 2.86. The van der Waals surface area contributed by atoms with Crippen molar-refractivity contribution in [2.24, 2.45) is 0 Å². The van der Waals surface area contributed by atoms with Gasteiger partial charge in [-0.15, -0.1) is 0 Å². The molecule has 2 aromatic carbocycles. The van der Waals surface area contributed by atoms with Gasteiger partial charge in [0.25, 0.3) is 10.0 Å². The number of hydrogen-bond donors (Lipinski definition) is 1. The maximum absolute atomic E-state index is 12.5. The first kappa shape index (κ1) is 14.0. The van der Waals surface area contributed by atoms with Crippen LogP contribution >= 0.6 is 0 Å². The number of nitrogens with zero attached hydrogens (tertiary/aromatic N) is 2. The van der Waals surface area contributed by atoms with Gasteiger partial charge in [0.2, 0.25) is 0 Å². The summed E-state index contributed by atoms with van der Waals surface area (Å²) in [5, 5.41) is 0.915. The monoisotopic (exact) mass is 325 g/mol. The van der Waals surface area contributed by atoms with E-state index < -0.39 is 10.0 Å². The summed E-state index contributed by atoms with van der Waals surface area (Å²) in [5.74, 6) is 0. The molecule has 0 atom stereocenters. The first-order valence-electron chi connectivity index (χ1n) is 7.20. The van der Waals surface area contributed by atoms with Crippen LogP contribution in [0, 0.1) is 0 Å². The van der Waals surface area contributed by atoms with E-state index in [0.717, 1.165) is 16.6 Å². The van der Waals surface area contributed by atoms with Gasteiger partial charge < -0.3 is 4.90 Å². The molecule has 116 valence electrons. The zero-order chi connectivity index (χ0) is 16.2. The molecular formula is C17H15N3O2S. The molecule has 0 unspecified atom stereocenters. The van der Waals surface area contributed by atoms with E-state index in [9.17, 15) is 8.42 Å². The van der Waals surface area contributed by atoms with Crippen molar-refractivity contribution in [3.05, 3.63) is 48.7 Å². The number of rotatable bonds is 1. The van der Waals surface area contributed by atoms with Gasteiger partial charge in [0.15, 0.2) is 0 Å². The summed E-state index contributed by atoms with van der Waals surface area (Å²) in [5.41, 5.74) is 3.77. The molecular weight excluding hydrogens is 310 g/mol. The lowest BCUT2D eigenvalue weighted by molar-refractivity contribution is 0.601. The smallest absolute Gasteiger partial charge is 0.262 e. The van der Waals surface area contributed by atoms with E-state index in [2.05, 4.69) is 9.71 Å². The van der Waals surface area contributed by atoms with E-state index >= 15 is 0 Å². The van der Waals surface area contributed by atoms with Crippen molar-refractivity contribution in [2.75, 3.05) is 23.7 Å². The Labute approximate surface area is 134 Å². The maximum Gasteiger partial charge on any atom is 0.262 e. The van der Waals surface area contributed by atoms with Crippen LogP contribution in [0.1, 0.15) is 0 Å². The van der Waals surface area contributed by atoms with E-state index in [-0.39, 0.29) is 0 Å². The zero-order valence-corrected chi connectivity index (χ0v) is 13.6. The third-order valence-electron chi connectivity index (χ3n) is 4.06. The second-order valence-electron chi connectivity index (χ2n) is 5.71. The molecule has 0 saturated carbocycles. The molecule has 1 aliphatic rings. The zero-order valence-electron chi connectivity index (χ0n) is 12.7. The second kappa shape index (κ2) is 4.70. The number of anilines is 2. The predicted octanol–water partition coefficient (Wildman–Crippen LogP) is 3.08. The normalized spacial score (nSPS) is 14.7. The van der Waals surface area contributed by atoms with Crippen molar-refractivity contribution in [3.8, 4) is 11.1 Å². The summed E-state index contributed by atoms with van der Waals surface area (Å²) in [6.07, 6.45) is 1.68. The standard InChI is InChI=1S/C17H15N3O2S/c1-20(2)14-10-13-11-6-3-4-8-15(11)23(21,22)19-17(13)16-12(14)7-5-9-18-16/h3-10,19H,1-2H3. The van der Waals surface area contributed by atoms with Crippen LogP contribution in [0.4, 0.5) is 11.4 Å². The maximum atomic E-state index is 12.5. The first-order valence-corrected chi connectivity index (χ1v) is 8.68. The summed E-state index contributed by atoms with van der Waals surface area (Å²) in [6, 6.07) is 12.9. The molecule has 3 aromatic rings. The summed E-state index contributed by atoms with van der Waals surface area (Å²) in [4.78, 5) is 6.73. The molecule has 0 aliphatic carbocycles. The molecule has 0 amide bonds. The molecule has 1 aromatic heterocycles.